The Morgan fingerprint density at radius 2 is 1.27 bits per heavy atom. The summed E-state index contributed by atoms with van der Waals surface area (Å²) in [6, 6.07) is 11.2. The summed E-state index contributed by atoms with van der Waals surface area (Å²) in [7, 11) is 1.69. The summed E-state index contributed by atoms with van der Waals surface area (Å²) >= 11 is 3.53. The molecule has 1 heterocycles. The highest BCUT2D eigenvalue weighted by molar-refractivity contribution is 7.79. The number of nitrogens with two attached hydrogens (primary N) is 1. The average molecular weight is 537 g/mol. The van der Waals surface area contributed by atoms with E-state index in [1.165, 1.54) is 10.9 Å². The third-order valence-corrected chi connectivity index (χ3v) is 3.46. The number of benzene rings is 2. The van der Waals surface area contributed by atoms with Crippen LogP contribution in [0, 0.1) is 6.92 Å². The van der Waals surface area contributed by atoms with Crippen molar-refractivity contribution in [3.63, 3.8) is 0 Å². The molecule has 0 atom stereocenters. The first kappa shape index (κ1) is 47.5. The van der Waals surface area contributed by atoms with Crippen LogP contribution in [0.2, 0.25) is 0 Å². The molecule has 6 heteroatoms. The second-order valence-electron chi connectivity index (χ2n) is 5.09. The molecular weight excluding hydrogens is 476 g/mol. The molecule has 1 aromatic heterocycles. The highest BCUT2D eigenvalue weighted by Gasteiger charge is 2.05. The predicted octanol–water partition coefficient (Wildman–Crippen LogP) is 10.1. The van der Waals surface area contributed by atoms with Gasteiger partial charge in [0.2, 0.25) is 0 Å². The Kier molecular flexibility index (Phi) is 48.5. The molecule has 0 radical (unpaired) electrons. The Morgan fingerprint density at radius 3 is 1.73 bits per heavy atom. The van der Waals surface area contributed by atoms with Gasteiger partial charge in [0.1, 0.15) is 0 Å². The van der Waals surface area contributed by atoms with Gasteiger partial charge in [-0.25, -0.2) is 4.98 Å². The third-order valence-electron chi connectivity index (χ3n) is 3.46. The molecule has 0 amide bonds. The molecule has 5 nitrogen and oxygen atoms in total. The van der Waals surface area contributed by atoms with Crippen LogP contribution in [-0.4, -0.2) is 15.8 Å². The van der Waals surface area contributed by atoms with Crippen LogP contribution in [0.15, 0.2) is 60.7 Å². The number of aryl methyl sites for hydroxylation is 2. The molecule has 3 N–H and O–H groups in total. The molecule has 0 unspecified atom stereocenters. The van der Waals surface area contributed by atoms with Gasteiger partial charge >= 0.3 is 0 Å². The Labute approximate surface area is 236 Å². The van der Waals surface area contributed by atoms with Gasteiger partial charge in [-0.05, 0) is 49.1 Å². The molecule has 216 valence electrons. The Hall–Kier alpha value is -2.73. The first-order chi connectivity index (χ1) is 18.0. The Bertz CT molecular complexity index is 909. The molecule has 3 rings (SSSR count). The number of hydrogen-bond donors (Lipinski definition) is 3. The molecule has 37 heavy (non-hydrogen) atoms. The first-order valence-corrected chi connectivity index (χ1v) is 14.5. The fourth-order valence-electron chi connectivity index (χ4n) is 2.22. The van der Waals surface area contributed by atoms with Gasteiger partial charge in [0, 0.05) is 24.1 Å². The Balaban J connectivity index is -0.000000129. The van der Waals surface area contributed by atoms with E-state index in [0.717, 1.165) is 16.9 Å². The zero-order valence-corrected chi connectivity index (χ0v) is 27.7. The lowest BCUT2D eigenvalue weighted by molar-refractivity contribution is 0.843. The highest BCUT2D eigenvalue weighted by Crippen LogP contribution is 2.24. The van der Waals surface area contributed by atoms with Crippen molar-refractivity contribution >= 4 is 40.6 Å². The van der Waals surface area contributed by atoms with Crippen LogP contribution >= 0.6 is 12.6 Å². The number of nitrogens with one attached hydrogen (secondary N) is 1. The first-order valence-electron chi connectivity index (χ1n) is 13.6. The minimum Gasteiger partial charge on any atom is -0.399 e. The van der Waals surface area contributed by atoms with Gasteiger partial charge in [-0.1, -0.05) is 89.2 Å². The number of rotatable bonds is 2. The number of fused-ring (bicyclic) bond motifs is 1. The number of nitrogens with zero attached hydrogens (tertiary/aromatic N) is 2. The largest absolute Gasteiger partial charge is 0.399 e. The summed E-state index contributed by atoms with van der Waals surface area (Å²) in [5.74, 6) is 0. The van der Waals surface area contributed by atoms with Crippen LogP contribution in [0.4, 0.5) is 17.1 Å². The summed E-state index contributed by atoms with van der Waals surface area (Å²) in [6.07, 6.45) is 3.22. The molecule has 3 aromatic rings. The van der Waals surface area contributed by atoms with Crippen molar-refractivity contribution in [2.75, 3.05) is 17.3 Å². The van der Waals surface area contributed by atoms with Gasteiger partial charge in [0.25, 0.3) is 5.56 Å². The van der Waals surface area contributed by atoms with E-state index in [1.807, 2.05) is 126 Å². The maximum atomic E-state index is 12.1. The number of nitrogen functional groups attached to an aromatic ring is 1. The SMILES string of the molecule is C=C.CC.CC.CC.CC.CC.CC.CS.Cc1ccc(N)cc1Nc1ccc2ncn(C)c(=O)c2c1. The lowest BCUT2D eigenvalue weighted by Crippen LogP contribution is -2.16. The lowest BCUT2D eigenvalue weighted by Gasteiger charge is -2.11. The van der Waals surface area contributed by atoms with Gasteiger partial charge in [-0.15, -0.1) is 13.2 Å². The summed E-state index contributed by atoms with van der Waals surface area (Å²) in [5, 5.41) is 3.89. The van der Waals surface area contributed by atoms with Crippen molar-refractivity contribution in [3.8, 4) is 0 Å². The molecule has 0 saturated carbocycles. The number of anilines is 3. The number of hydrogen-bond acceptors (Lipinski definition) is 5. The van der Waals surface area contributed by atoms with E-state index in [0.29, 0.717) is 16.6 Å². The van der Waals surface area contributed by atoms with E-state index in [2.05, 4.69) is 36.1 Å². The number of aromatic nitrogens is 2. The molecule has 0 bridgehead atoms. The fraction of sp³-hybridized carbons (Fsp3) is 0.484. The monoisotopic (exact) mass is 536 g/mol. The minimum atomic E-state index is -0.0621. The lowest BCUT2D eigenvalue weighted by atomic mass is 10.1. The normalized spacial score (nSPS) is 7.35. The molecule has 2 aromatic carbocycles. The van der Waals surface area contributed by atoms with E-state index in [9.17, 15) is 4.79 Å². The molecule has 0 aliphatic heterocycles. The smallest absolute Gasteiger partial charge is 0.260 e. The maximum Gasteiger partial charge on any atom is 0.260 e. The van der Waals surface area contributed by atoms with Crippen molar-refractivity contribution in [3.05, 3.63) is 71.8 Å². The third kappa shape index (κ3) is 20.1. The zero-order valence-electron chi connectivity index (χ0n) is 26.8. The maximum absolute atomic E-state index is 12.1. The van der Waals surface area contributed by atoms with Gasteiger partial charge in [0.05, 0.1) is 17.2 Å². The average Bonchev–Trinajstić information content (AvgIpc) is 3.01. The molecule has 0 aliphatic carbocycles. The molecular formula is C31H60N4OS. The minimum absolute atomic E-state index is 0.0621. The number of thiol groups is 1. The predicted molar refractivity (Wildman–Crippen MR) is 180 cm³/mol. The van der Waals surface area contributed by atoms with Gasteiger partial charge in [-0.2, -0.15) is 12.6 Å². The Morgan fingerprint density at radius 1 is 0.811 bits per heavy atom. The van der Waals surface area contributed by atoms with Gasteiger partial charge in [0.15, 0.2) is 0 Å². The van der Waals surface area contributed by atoms with Crippen LogP contribution in [0.25, 0.3) is 10.9 Å². The van der Waals surface area contributed by atoms with Crippen molar-refractivity contribution in [1.82, 2.24) is 9.55 Å². The van der Waals surface area contributed by atoms with Crippen LogP contribution in [0.3, 0.4) is 0 Å². The van der Waals surface area contributed by atoms with E-state index in [-0.39, 0.29) is 5.56 Å². The molecule has 0 aliphatic rings. The molecule has 0 fully saturated rings. The fourth-order valence-corrected chi connectivity index (χ4v) is 2.22. The second kappa shape index (κ2) is 37.8. The molecule has 0 spiro atoms. The van der Waals surface area contributed by atoms with Crippen molar-refractivity contribution < 1.29 is 0 Å². The summed E-state index contributed by atoms with van der Waals surface area (Å²) in [4.78, 5) is 16.4. The van der Waals surface area contributed by atoms with E-state index >= 15 is 0 Å². The zero-order chi connectivity index (χ0) is 31.0. The van der Waals surface area contributed by atoms with Crippen LogP contribution in [0.1, 0.15) is 88.6 Å². The van der Waals surface area contributed by atoms with Crippen molar-refractivity contribution in [1.29, 1.82) is 0 Å². The molecule has 0 saturated heterocycles. The quantitative estimate of drug-likeness (QED) is 0.173. The van der Waals surface area contributed by atoms with E-state index < -0.39 is 0 Å². The van der Waals surface area contributed by atoms with Crippen LogP contribution < -0.4 is 16.6 Å². The standard InChI is InChI=1S/C16H16N4O.6C2H6.C2H4.CH4S/c1-10-3-4-11(17)7-15(10)19-12-5-6-14-13(8-12)16(21)20(2)9-18-14;8*1-2/h3-9,19H,17H2,1-2H3;6*1-2H3;1-2H2;2H,1H3. The highest BCUT2D eigenvalue weighted by atomic mass is 32.1. The summed E-state index contributed by atoms with van der Waals surface area (Å²) in [5.41, 5.74) is 9.98. The van der Waals surface area contributed by atoms with Crippen LogP contribution in [-0.2, 0) is 7.05 Å². The van der Waals surface area contributed by atoms with E-state index in [1.54, 1.807) is 13.3 Å². The van der Waals surface area contributed by atoms with Gasteiger partial charge in [-0.3, -0.25) is 4.79 Å². The van der Waals surface area contributed by atoms with Crippen molar-refractivity contribution in [2.45, 2.75) is 90.0 Å². The summed E-state index contributed by atoms with van der Waals surface area (Å²) in [6.45, 7) is 32.0. The van der Waals surface area contributed by atoms with E-state index in [4.69, 9.17) is 5.73 Å². The second-order valence-corrected chi connectivity index (χ2v) is 5.09. The topological polar surface area (TPSA) is 72.9 Å². The van der Waals surface area contributed by atoms with Gasteiger partial charge < -0.3 is 15.6 Å². The van der Waals surface area contributed by atoms with Crippen LogP contribution in [0.5, 0.6) is 0 Å². The van der Waals surface area contributed by atoms with Crippen molar-refractivity contribution in [2.24, 2.45) is 7.05 Å². The summed E-state index contributed by atoms with van der Waals surface area (Å²) < 4.78 is 1.47.